The fourth-order valence-corrected chi connectivity index (χ4v) is 3.44. The van der Waals surface area contributed by atoms with Gasteiger partial charge in [-0.25, -0.2) is 0 Å². The van der Waals surface area contributed by atoms with Crippen molar-refractivity contribution < 1.29 is 9.53 Å². The Morgan fingerprint density at radius 1 is 1.29 bits per heavy atom. The Morgan fingerprint density at radius 2 is 2.05 bits per heavy atom. The highest BCUT2D eigenvalue weighted by atomic mass is 16.5. The molecule has 114 valence electrons. The van der Waals surface area contributed by atoms with E-state index >= 15 is 0 Å². The molecule has 21 heavy (non-hydrogen) atoms. The van der Waals surface area contributed by atoms with Gasteiger partial charge >= 0.3 is 0 Å². The van der Waals surface area contributed by atoms with Crippen LogP contribution >= 0.6 is 0 Å². The summed E-state index contributed by atoms with van der Waals surface area (Å²) in [5.41, 5.74) is 7.93. The highest BCUT2D eigenvalue weighted by Crippen LogP contribution is 2.30. The van der Waals surface area contributed by atoms with Crippen LogP contribution in [0.25, 0.3) is 0 Å². The zero-order valence-corrected chi connectivity index (χ0v) is 12.5. The Hall–Kier alpha value is -1.39. The van der Waals surface area contributed by atoms with Crippen molar-refractivity contribution in [1.82, 2.24) is 4.90 Å². The lowest BCUT2D eigenvalue weighted by Crippen LogP contribution is -2.43. The number of nitrogens with zero attached hydrogens (tertiary/aromatic N) is 1. The lowest BCUT2D eigenvalue weighted by atomic mass is 9.92. The van der Waals surface area contributed by atoms with E-state index in [1.807, 2.05) is 23.1 Å². The number of rotatable bonds is 3. The van der Waals surface area contributed by atoms with Gasteiger partial charge in [0.05, 0.1) is 6.61 Å². The predicted molar refractivity (Wildman–Crippen MR) is 81.8 cm³/mol. The molecule has 1 unspecified atom stereocenters. The molecule has 1 saturated heterocycles. The van der Waals surface area contributed by atoms with Gasteiger partial charge in [0.25, 0.3) is 5.91 Å². The maximum atomic E-state index is 12.8. The monoisotopic (exact) mass is 288 g/mol. The van der Waals surface area contributed by atoms with Gasteiger partial charge < -0.3 is 15.4 Å². The molecule has 2 aliphatic rings. The van der Waals surface area contributed by atoms with Gasteiger partial charge in [0.15, 0.2) is 6.10 Å². The van der Waals surface area contributed by atoms with Gasteiger partial charge in [-0.15, -0.1) is 0 Å². The van der Waals surface area contributed by atoms with Crippen molar-refractivity contribution in [2.45, 2.75) is 31.8 Å². The summed E-state index contributed by atoms with van der Waals surface area (Å²) < 4.78 is 5.78. The third-order valence-electron chi connectivity index (χ3n) is 4.72. The van der Waals surface area contributed by atoms with Crippen LogP contribution in [0.3, 0.4) is 0 Å². The van der Waals surface area contributed by atoms with Crippen LogP contribution in [-0.4, -0.2) is 37.0 Å². The highest BCUT2D eigenvalue weighted by molar-refractivity contribution is 5.83. The van der Waals surface area contributed by atoms with E-state index in [9.17, 15) is 4.79 Å². The van der Waals surface area contributed by atoms with E-state index in [1.54, 1.807) is 0 Å². The summed E-state index contributed by atoms with van der Waals surface area (Å²) in [5.74, 6) is 0.812. The third kappa shape index (κ3) is 3.11. The quantitative estimate of drug-likeness (QED) is 0.924. The molecule has 2 heterocycles. The SMILES string of the molecule is NCCC1CCN(C(=O)C2OCCc3ccccc32)CC1. The Balaban J connectivity index is 1.67. The minimum absolute atomic E-state index is 0.133. The average Bonchev–Trinajstić information content (AvgIpc) is 2.55. The predicted octanol–water partition coefficient (Wildman–Crippen LogP) is 1.89. The molecular weight excluding hydrogens is 264 g/mol. The van der Waals surface area contributed by atoms with E-state index in [2.05, 4.69) is 6.07 Å². The molecule has 1 amide bonds. The number of fused-ring (bicyclic) bond motifs is 1. The number of carbonyl (C=O) groups excluding carboxylic acids is 1. The first kappa shape index (κ1) is 14.5. The van der Waals surface area contributed by atoms with E-state index in [0.717, 1.165) is 50.9 Å². The first-order valence-corrected chi connectivity index (χ1v) is 7.98. The summed E-state index contributed by atoms with van der Waals surface area (Å²) >= 11 is 0. The zero-order valence-electron chi connectivity index (χ0n) is 12.5. The van der Waals surface area contributed by atoms with Crippen molar-refractivity contribution in [2.75, 3.05) is 26.2 Å². The van der Waals surface area contributed by atoms with Crippen molar-refractivity contribution in [2.24, 2.45) is 11.7 Å². The van der Waals surface area contributed by atoms with E-state index in [0.29, 0.717) is 12.5 Å². The lowest BCUT2D eigenvalue weighted by molar-refractivity contribution is -0.146. The van der Waals surface area contributed by atoms with Crippen LogP contribution < -0.4 is 5.73 Å². The number of hydrogen-bond acceptors (Lipinski definition) is 3. The molecule has 1 aromatic rings. The summed E-state index contributed by atoms with van der Waals surface area (Å²) in [7, 11) is 0. The summed E-state index contributed by atoms with van der Waals surface area (Å²) in [6.45, 7) is 3.06. The minimum atomic E-state index is -0.402. The van der Waals surface area contributed by atoms with Crippen LogP contribution in [0.15, 0.2) is 24.3 Å². The van der Waals surface area contributed by atoms with Gasteiger partial charge in [0.1, 0.15) is 0 Å². The van der Waals surface area contributed by atoms with Crippen LogP contribution in [0.5, 0.6) is 0 Å². The van der Waals surface area contributed by atoms with Crippen molar-refractivity contribution in [3.8, 4) is 0 Å². The Labute approximate surface area is 126 Å². The van der Waals surface area contributed by atoms with Gasteiger partial charge in [-0.05, 0) is 49.3 Å². The number of amides is 1. The van der Waals surface area contributed by atoms with Gasteiger partial charge in [-0.2, -0.15) is 0 Å². The van der Waals surface area contributed by atoms with Crippen molar-refractivity contribution in [1.29, 1.82) is 0 Å². The first-order valence-electron chi connectivity index (χ1n) is 7.98. The molecule has 3 rings (SSSR count). The molecule has 2 N–H and O–H groups in total. The second-order valence-electron chi connectivity index (χ2n) is 6.05. The molecule has 0 spiro atoms. The number of benzene rings is 1. The zero-order chi connectivity index (χ0) is 14.7. The van der Waals surface area contributed by atoms with Crippen LogP contribution in [0.4, 0.5) is 0 Å². The van der Waals surface area contributed by atoms with Crippen molar-refractivity contribution in [3.63, 3.8) is 0 Å². The van der Waals surface area contributed by atoms with Crippen LogP contribution in [-0.2, 0) is 16.0 Å². The first-order chi connectivity index (χ1) is 10.3. The molecule has 0 aromatic heterocycles. The summed E-state index contributed by atoms with van der Waals surface area (Å²) in [5, 5.41) is 0. The molecular formula is C17H24N2O2. The van der Waals surface area contributed by atoms with Crippen molar-refractivity contribution in [3.05, 3.63) is 35.4 Å². The molecule has 1 fully saturated rings. The molecule has 0 saturated carbocycles. The summed E-state index contributed by atoms with van der Waals surface area (Å²) in [6, 6.07) is 8.15. The molecule has 2 aliphatic heterocycles. The minimum Gasteiger partial charge on any atom is -0.363 e. The highest BCUT2D eigenvalue weighted by Gasteiger charge is 2.32. The summed E-state index contributed by atoms with van der Waals surface area (Å²) in [4.78, 5) is 14.7. The Bertz CT molecular complexity index is 495. The van der Waals surface area contributed by atoms with E-state index in [4.69, 9.17) is 10.5 Å². The second kappa shape index (κ2) is 6.58. The second-order valence-corrected chi connectivity index (χ2v) is 6.05. The number of likely N-dealkylation sites (tertiary alicyclic amines) is 1. The van der Waals surface area contributed by atoms with E-state index < -0.39 is 6.10 Å². The molecule has 1 atom stereocenters. The topological polar surface area (TPSA) is 55.6 Å². The molecule has 4 nitrogen and oxygen atoms in total. The largest absolute Gasteiger partial charge is 0.363 e. The van der Waals surface area contributed by atoms with E-state index in [1.165, 1.54) is 5.56 Å². The lowest BCUT2D eigenvalue weighted by Gasteiger charge is -2.35. The van der Waals surface area contributed by atoms with Gasteiger partial charge in [0, 0.05) is 13.1 Å². The molecule has 4 heteroatoms. The maximum Gasteiger partial charge on any atom is 0.256 e. The Kier molecular flexibility index (Phi) is 4.56. The summed E-state index contributed by atoms with van der Waals surface area (Å²) in [6.07, 6.45) is 3.71. The smallest absolute Gasteiger partial charge is 0.256 e. The number of nitrogens with two attached hydrogens (primary N) is 1. The fraction of sp³-hybridized carbons (Fsp3) is 0.588. The molecule has 0 bridgehead atoms. The normalized spacial score (nSPS) is 22.9. The molecule has 0 aliphatic carbocycles. The average molecular weight is 288 g/mol. The van der Waals surface area contributed by atoms with Crippen LogP contribution in [0.1, 0.15) is 36.5 Å². The number of piperidine rings is 1. The number of carbonyl (C=O) groups is 1. The van der Waals surface area contributed by atoms with Gasteiger partial charge in [-0.3, -0.25) is 4.79 Å². The molecule has 0 radical (unpaired) electrons. The van der Waals surface area contributed by atoms with E-state index in [-0.39, 0.29) is 5.91 Å². The Morgan fingerprint density at radius 3 is 2.81 bits per heavy atom. The van der Waals surface area contributed by atoms with Crippen LogP contribution in [0.2, 0.25) is 0 Å². The fourth-order valence-electron chi connectivity index (χ4n) is 3.44. The van der Waals surface area contributed by atoms with Crippen LogP contribution in [0, 0.1) is 5.92 Å². The van der Waals surface area contributed by atoms with Gasteiger partial charge in [0.2, 0.25) is 0 Å². The van der Waals surface area contributed by atoms with Gasteiger partial charge in [-0.1, -0.05) is 24.3 Å². The maximum absolute atomic E-state index is 12.8. The molecule has 1 aromatic carbocycles. The third-order valence-corrected chi connectivity index (χ3v) is 4.72. The number of hydrogen-bond donors (Lipinski definition) is 1. The standard InChI is InChI=1S/C17H24N2O2/c18-9-5-13-6-10-19(11-7-13)17(20)16-15-4-2-1-3-14(15)8-12-21-16/h1-4,13,16H,5-12,18H2. The van der Waals surface area contributed by atoms with Crippen molar-refractivity contribution >= 4 is 5.91 Å². The number of ether oxygens (including phenoxy) is 1.